The molecule has 2 amide bonds. The maximum atomic E-state index is 12.5. The van der Waals surface area contributed by atoms with Crippen molar-refractivity contribution in [3.05, 3.63) is 65.7 Å². The molecule has 0 atom stereocenters. The highest BCUT2D eigenvalue weighted by Crippen LogP contribution is 2.26. The molecule has 1 N–H and O–H groups in total. The monoisotopic (exact) mass is 421 g/mol. The minimum Gasteiger partial charge on any atom is -0.336 e. The lowest BCUT2D eigenvalue weighted by molar-refractivity contribution is -0.117. The standard InChI is InChI=1S/C22H23N5O2S/c1-16-6-5-9-18(14-16)20-24-25-22(30-20)23-19(28)15-26-10-12-27(13-11-26)21(29)17-7-3-2-4-8-17/h2-9,14H,10-13,15H2,1H3,(H,23,25,28). The molecule has 154 valence electrons. The van der Waals surface area contributed by atoms with Crippen LogP contribution >= 0.6 is 11.3 Å². The molecule has 2 heterocycles. The Hall–Kier alpha value is -3.10. The summed E-state index contributed by atoms with van der Waals surface area (Å²) in [7, 11) is 0. The lowest BCUT2D eigenvalue weighted by Gasteiger charge is -2.34. The molecule has 1 aliphatic heterocycles. The van der Waals surface area contributed by atoms with Gasteiger partial charge in [-0.25, -0.2) is 0 Å². The molecule has 0 aliphatic carbocycles. The number of benzene rings is 2. The molecule has 1 aliphatic rings. The number of rotatable bonds is 5. The van der Waals surface area contributed by atoms with Gasteiger partial charge in [-0.3, -0.25) is 19.8 Å². The minimum absolute atomic E-state index is 0.0391. The van der Waals surface area contributed by atoms with Crippen LogP contribution in [0.2, 0.25) is 0 Å². The van der Waals surface area contributed by atoms with Crippen LogP contribution in [0.5, 0.6) is 0 Å². The number of hydrogen-bond donors (Lipinski definition) is 1. The molecule has 1 aromatic heterocycles. The largest absolute Gasteiger partial charge is 0.336 e. The van der Waals surface area contributed by atoms with Gasteiger partial charge in [0.15, 0.2) is 0 Å². The van der Waals surface area contributed by atoms with Gasteiger partial charge in [0.1, 0.15) is 5.01 Å². The van der Waals surface area contributed by atoms with Gasteiger partial charge in [0.05, 0.1) is 6.54 Å². The van der Waals surface area contributed by atoms with Crippen molar-refractivity contribution in [2.75, 3.05) is 38.0 Å². The quantitative estimate of drug-likeness (QED) is 0.685. The Morgan fingerprint density at radius 3 is 2.50 bits per heavy atom. The fraction of sp³-hybridized carbons (Fsp3) is 0.273. The number of anilines is 1. The van der Waals surface area contributed by atoms with E-state index in [1.807, 2.05) is 71.3 Å². The summed E-state index contributed by atoms with van der Waals surface area (Å²) < 4.78 is 0. The van der Waals surface area contributed by atoms with E-state index in [4.69, 9.17) is 0 Å². The van der Waals surface area contributed by atoms with Crippen LogP contribution in [0, 0.1) is 6.92 Å². The Morgan fingerprint density at radius 2 is 1.77 bits per heavy atom. The highest BCUT2D eigenvalue weighted by molar-refractivity contribution is 7.18. The Labute approximate surface area is 179 Å². The molecule has 1 saturated heterocycles. The van der Waals surface area contributed by atoms with E-state index >= 15 is 0 Å². The Morgan fingerprint density at radius 1 is 1.00 bits per heavy atom. The predicted octanol–water partition coefficient (Wildman–Crippen LogP) is 2.91. The van der Waals surface area contributed by atoms with Gasteiger partial charge in [-0.2, -0.15) is 0 Å². The fourth-order valence-corrected chi connectivity index (χ4v) is 4.16. The lowest BCUT2D eigenvalue weighted by atomic mass is 10.1. The van der Waals surface area contributed by atoms with Crippen LogP contribution in [0.25, 0.3) is 10.6 Å². The molecule has 2 aromatic carbocycles. The molecule has 4 rings (SSSR count). The van der Waals surface area contributed by atoms with Crippen molar-refractivity contribution in [1.29, 1.82) is 0 Å². The van der Waals surface area contributed by atoms with E-state index < -0.39 is 0 Å². The predicted molar refractivity (Wildman–Crippen MR) is 117 cm³/mol. The summed E-state index contributed by atoms with van der Waals surface area (Å²) in [4.78, 5) is 28.8. The number of piperazine rings is 1. The maximum Gasteiger partial charge on any atom is 0.253 e. The zero-order valence-corrected chi connectivity index (χ0v) is 17.6. The first-order chi connectivity index (χ1) is 14.6. The van der Waals surface area contributed by atoms with Crippen molar-refractivity contribution in [1.82, 2.24) is 20.0 Å². The third kappa shape index (κ3) is 4.90. The van der Waals surface area contributed by atoms with Crippen LogP contribution in [0.4, 0.5) is 5.13 Å². The smallest absolute Gasteiger partial charge is 0.253 e. The molecular formula is C22H23N5O2S. The van der Waals surface area contributed by atoms with E-state index in [1.54, 1.807) is 0 Å². The Kier molecular flexibility index (Phi) is 6.15. The summed E-state index contributed by atoms with van der Waals surface area (Å²) in [6.07, 6.45) is 0. The highest BCUT2D eigenvalue weighted by atomic mass is 32.1. The zero-order chi connectivity index (χ0) is 20.9. The normalized spacial score (nSPS) is 14.5. The average Bonchev–Trinajstić information content (AvgIpc) is 3.23. The van der Waals surface area contributed by atoms with Crippen molar-refractivity contribution in [3.63, 3.8) is 0 Å². The summed E-state index contributed by atoms with van der Waals surface area (Å²) in [5, 5.41) is 12.4. The number of aryl methyl sites for hydroxylation is 1. The van der Waals surface area contributed by atoms with Gasteiger partial charge in [0.25, 0.3) is 5.91 Å². The van der Waals surface area contributed by atoms with Crippen LogP contribution in [0.15, 0.2) is 54.6 Å². The lowest BCUT2D eigenvalue weighted by Crippen LogP contribution is -2.50. The molecule has 0 radical (unpaired) electrons. The molecule has 0 unspecified atom stereocenters. The number of amides is 2. The van der Waals surface area contributed by atoms with Gasteiger partial charge in [0, 0.05) is 37.3 Å². The van der Waals surface area contributed by atoms with Gasteiger partial charge in [-0.15, -0.1) is 10.2 Å². The van der Waals surface area contributed by atoms with Crippen LogP contribution in [-0.4, -0.2) is 64.5 Å². The highest BCUT2D eigenvalue weighted by Gasteiger charge is 2.23. The number of carbonyl (C=O) groups excluding carboxylic acids is 2. The van der Waals surface area contributed by atoms with Crippen molar-refractivity contribution in [2.45, 2.75) is 6.92 Å². The van der Waals surface area contributed by atoms with Gasteiger partial charge in [-0.1, -0.05) is 53.3 Å². The molecule has 8 heteroatoms. The number of nitrogens with one attached hydrogen (secondary N) is 1. The summed E-state index contributed by atoms with van der Waals surface area (Å²) in [5.41, 5.74) is 2.84. The van der Waals surface area contributed by atoms with E-state index in [-0.39, 0.29) is 18.4 Å². The minimum atomic E-state index is -0.121. The van der Waals surface area contributed by atoms with Crippen molar-refractivity contribution < 1.29 is 9.59 Å². The first-order valence-electron chi connectivity index (χ1n) is 9.85. The second-order valence-electron chi connectivity index (χ2n) is 7.26. The van der Waals surface area contributed by atoms with E-state index in [0.717, 1.165) is 16.1 Å². The number of aromatic nitrogens is 2. The first-order valence-corrected chi connectivity index (χ1v) is 10.7. The number of carbonyl (C=O) groups is 2. The van der Waals surface area contributed by atoms with Gasteiger partial charge in [-0.05, 0) is 25.1 Å². The third-order valence-electron chi connectivity index (χ3n) is 4.98. The zero-order valence-electron chi connectivity index (χ0n) is 16.7. The summed E-state index contributed by atoms with van der Waals surface area (Å²) >= 11 is 1.36. The SMILES string of the molecule is Cc1cccc(-c2nnc(NC(=O)CN3CCN(C(=O)c4ccccc4)CC3)s2)c1. The molecule has 30 heavy (non-hydrogen) atoms. The molecule has 3 aromatic rings. The van der Waals surface area contributed by atoms with E-state index in [0.29, 0.717) is 36.9 Å². The molecule has 0 saturated carbocycles. The first kappa shape index (κ1) is 20.2. The molecule has 0 bridgehead atoms. The summed E-state index contributed by atoms with van der Waals surface area (Å²) in [6, 6.07) is 17.3. The topological polar surface area (TPSA) is 78.4 Å². The molecule has 7 nitrogen and oxygen atoms in total. The van der Waals surface area contributed by atoms with E-state index in [2.05, 4.69) is 15.5 Å². The molecular weight excluding hydrogens is 398 g/mol. The van der Waals surface area contributed by atoms with Crippen LogP contribution < -0.4 is 5.32 Å². The summed E-state index contributed by atoms with van der Waals surface area (Å²) in [6.45, 7) is 4.84. The fourth-order valence-electron chi connectivity index (χ4n) is 3.40. The van der Waals surface area contributed by atoms with Crippen LogP contribution in [0.3, 0.4) is 0 Å². The number of hydrogen-bond acceptors (Lipinski definition) is 6. The summed E-state index contributed by atoms with van der Waals surface area (Å²) in [5.74, 6) is -0.0815. The molecule has 0 spiro atoms. The second-order valence-corrected chi connectivity index (χ2v) is 8.24. The molecule has 1 fully saturated rings. The van der Waals surface area contributed by atoms with E-state index in [9.17, 15) is 9.59 Å². The maximum absolute atomic E-state index is 12.5. The van der Waals surface area contributed by atoms with Crippen molar-refractivity contribution >= 4 is 28.3 Å². The number of nitrogens with zero attached hydrogens (tertiary/aromatic N) is 4. The van der Waals surface area contributed by atoms with Gasteiger partial charge < -0.3 is 4.90 Å². The second kappa shape index (κ2) is 9.15. The van der Waals surface area contributed by atoms with Crippen LogP contribution in [0.1, 0.15) is 15.9 Å². The average molecular weight is 422 g/mol. The van der Waals surface area contributed by atoms with E-state index in [1.165, 1.54) is 11.3 Å². The van der Waals surface area contributed by atoms with Gasteiger partial charge in [0.2, 0.25) is 11.0 Å². The van der Waals surface area contributed by atoms with Crippen molar-refractivity contribution in [3.8, 4) is 10.6 Å². The van der Waals surface area contributed by atoms with Crippen LogP contribution in [-0.2, 0) is 4.79 Å². The third-order valence-corrected chi connectivity index (χ3v) is 5.87. The van der Waals surface area contributed by atoms with Crippen molar-refractivity contribution in [2.24, 2.45) is 0 Å². The Bertz CT molecular complexity index is 1030. The Balaban J connectivity index is 1.27. The van der Waals surface area contributed by atoms with Gasteiger partial charge >= 0.3 is 0 Å².